The first-order chi connectivity index (χ1) is 8.30. The van der Waals surface area contributed by atoms with Gasteiger partial charge in [-0.2, -0.15) is 0 Å². The summed E-state index contributed by atoms with van der Waals surface area (Å²) in [5.41, 5.74) is -0.213. The monoisotopic (exact) mass is 295 g/mol. The number of benzene rings is 1. The predicted octanol–water partition coefficient (Wildman–Crippen LogP) is 2.09. The zero-order chi connectivity index (χ0) is 13.8. The van der Waals surface area contributed by atoms with E-state index in [1.807, 2.05) is 4.72 Å². The van der Waals surface area contributed by atoms with Crippen LogP contribution in [0.25, 0.3) is 0 Å². The molecule has 0 amide bonds. The maximum atomic E-state index is 13.3. The van der Waals surface area contributed by atoms with E-state index in [0.717, 1.165) is 6.07 Å². The van der Waals surface area contributed by atoms with Crippen molar-refractivity contribution >= 4 is 33.3 Å². The van der Waals surface area contributed by atoms with Crippen molar-refractivity contribution in [2.75, 3.05) is 10.5 Å². The molecule has 18 heavy (non-hydrogen) atoms. The van der Waals surface area contributed by atoms with Crippen molar-refractivity contribution < 1.29 is 22.7 Å². The molecule has 0 bridgehead atoms. The number of halogens is 2. The molecule has 0 aromatic heterocycles. The molecule has 0 saturated carbocycles. The summed E-state index contributed by atoms with van der Waals surface area (Å²) in [6, 6.07) is 3.53. The minimum absolute atomic E-state index is 0.0418. The van der Waals surface area contributed by atoms with Gasteiger partial charge in [0.05, 0.1) is 11.4 Å². The quantitative estimate of drug-likeness (QED) is 0.841. The van der Waals surface area contributed by atoms with Crippen molar-refractivity contribution in [3.8, 4) is 0 Å². The van der Waals surface area contributed by atoms with Crippen LogP contribution in [-0.2, 0) is 14.8 Å². The van der Waals surface area contributed by atoms with E-state index in [2.05, 4.69) is 0 Å². The standard InChI is InChI=1S/C10H11ClFNO4S/c11-7-3-4-9(8(12)6-7)13-18(16,17)5-1-2-10(14)15/h3-4,6,13H,1-2,5H2,(H,14,15). The van der Waals surface area contributed by atoms with Crippen LogP contribution in [0.2, 0.25) is 5.02 Å². The second-order valence-electron chi connectivity index (χ2n) is 3.54. The van der Waals surface area contributed by atoms with E-state index in [4.69, 9.17) is 16.7 Å². The molecule has 0 aliphatic heterocycles. The summed E-state index contributed by atoms with van der Waals surface area (Å²) in [5.74, 6) is -2.26. The molecular weight excluding hydrogens is 285 g/mol. The van der Waals surface area contributed by atoms with Crippen LogP contribution in [0.4, 0.5) is 10.1 Å². The fourth-order valence-corrected chi connectivity index (χ4v) is 2.49. The summed E-state index contributed by atoms with van der Waals surface area (Å²) in [5, 5.41) is 8.54. The summed E-state index contributed by atoms with van der Waals surface area (Å²) in [6.45, 7) is 0. The number of nitrogens with one attached hydrogen (secondary N) is 1. The van der Waals surface area contributed by atoms with Crippen molar-refractivity contribution in [1.29, 1.82) is 0 Å². The Balaban J connectivity index is 2.67. The van der Waals surface area contributed by atoms with Crippen LogP contribution in [0.5, 0.6) is 0 Å². The van der Waals surface area contributed by atoms with Gasteiger partial charge in [-0.3, -0.25) is 9.52 Å². The summed E-state index contributed by atoms with van der Waals surface area (Å²) in [4.78, 5) is 10.2. The third kappa shape index (κ3) is 4.89. The predicted molar refractivity (Wildman–Crippen MR) is 65.7 cm³/mol. The SMILES string of the molecule is O=C(O)CCCS(=O)(=O)Nc1ccc(Cl)cc1F. The normalized spacial score (nSPS) is 11.2. The van der Waals surface area contributed by atoms with Crippen LogP contribution >= 0.6 is 11.6 Å². The summed E-state index contributed by atoms with van der Waals surface area (Å²) in [6.07, 6.45) is -0.302. The van der Waals surface area contributed by atoms with E-state index >= 15 is 0 Å². The molecule has 0 aliphatic rings. The lowest BCUT2D eigenvalue weighted by Crippen LogP contribution is -2.18. The zero-order valence-electron chi connectivity index (χ0n) is 9.19. The molecule has 0 radical (unpaired) electrons. The molecule has 5 nitrogen and oxygen atoms in total. The van der Waals surface area contributed by atoms with Gasteiger partial charge in [-0.1, -0.05) is 11.6 Å². The molecule has 0 aliphatic carbocycles. The molecule has 0 spiro atoms. The third-order valence-electron chi connectivity index (χ3n) is 2.00. The second kappa shape index (κ2) is 6.01. The van der Waals surface area contributed by atoms with Gasteiger partial charge in [0, 0.05) is 11.4 Å². The highest BCUT2D eigenvalue weighted by atomic mass is 35.5. The fraction of sp³-hybridized carbons (Fsp3) is 0.300. The lowest BCUT2D eigenvalue weighted by atomic mass is 10.3. The Kier molecular flexibility index (Phi) is 4.92. The number of carboxylic acids is 1. The average Bonchev–Trinajstić information content (AvgIpc) is 2.21. The van der Waals surface area contributed by atoms with E-state index in [1.54, 1.807) is 0 Å². The maximum Gasteiger partial charge on any atom is 0.303 e. The molecule has 0 heterocycles. The van der Waals surface area contributed by atoms with Gasteiger partial charge < -0.3 is 5.11 Å². The number of carbonyl (C=O) groups is 1. The van der Waals surface area contributed by atoms with Crippen LogP contribution in [0.15, 0.2) is 18.2 Å². The van der Waals surface area contributed by atoms with Gasteiger partial charge in [0.25, 0.3) is 0 Å². The van der Waals surface area contributed by atoms with Gasteiger partial charge in [-0.25, -0.2) is 12.8 Å². The van der Waals surface area contributed by atoms with Crippen molar-refractivity contribution in [2.24, 2.45) is 0 Å². The lowest BCUT2D eigenvalue weighted by molar-refractivity contribution is -0.137. The molecule has 0 unspecified atom stereocenters. The van der Waals surface area contributed by atoms with Crippen LogP contribution in [0, 0.1) is 5.82 Å². The van der Waals surface area contributed by atoms with E-state index in [1.165, 1.54) is 12.1 Å². The Morgan fingerprint density at radius 2 is 2.11 bits per heavy atom. The zero-order valence-corrected chi connectivity index (χ0v) is 10.8. The van der Waals surface area contributed by atoms with Crippen LogP contribution in [-0.4, -0.2) is 25.2 Å². The van der Waals surface area contributed by atoms with E-state index in [0.29, 0.717) is 0 Å². The Morgan fingerprint density at radius 3 is 2.67 bits per heavy atom. The molecule has 100 valence electrons. The van der Waals surface area contributed by atoms with Crippen LogP contribution < -0.4 is 4.72 Å². The highest BCUT2D eigenvalue weighted by Crippen LogP contribution is 2.20. The van der Waals surface area contributed by atoms with Gasteiger partial charge in [0.2, 0.25) is 10.0 Å². The second-order valence-corrected chi connectivity index (χ2v) is 5.82. The van der Waals surface area contributed by atoms with Gasteiger partial charge in [-0.05, 0) is 24.6 Å². The average molecular weight is 296 g/mol. The van der Waals surface area contributed by atoms with Crippen LogP contribution in [0.1, 0.15) is 12.8 Å². The molecule has 0 atom stereocenters. The van der Waals surface area contributed by atoms with Crippen molar-refractivity contribution in [3.63, 3.8) is 0 Å². The van der Waals surface area contributed by atoms with Crippen molar-refractivity contribution in [3.05, 3.63) is 29.0 Å². The van der Waals surface area contributed by atoms with Gasteiger partial charge >= 0.3 is 5.97 Å². The molecule has 0 fully saturated rings. The number of aliphatic carboxylic acids is 1. The topological polar surface area (TPSA) is 83.5 Å². The number of hydrogen-bond acceptors (Lipinski definition) is 3. The lowest BCUT2D eigenvalue weighted by Gasteiger charge is -2.08. The molecular formula is C10H11ClFNO4S. The van der Waals surface area contributed by atoms with E-state index < -0.39 is 21.8 Å². The number of rotatable bonds is 6. The van der Waals surface area contributed by atoms with Crippen molar-refractivity contribution in [1.82, 2.24) is 0 Å². The molecule has 8 heteroatoms. The minimum atomic E-state index is -3.76. The number of sulfonamides is 1. The number of hydrogen-bond donors (Lipinski definition) is 2. The Morgan fingerprint density at radius 1 is 1.44 bits per heavy atom. The van der Waals surface area contributed by atoms with Gasteiger partial charge in [-0.15, -0.1) is 0 Å². The van der Waals surface area contributed by atoms with E-state index in [9.17, 15) is 17.6 Å². The number of carboxylic acid groups (broad SMARTS) is 1. The molecule has 2 N–H and O–H groups in total. The van der Waals surface area contributed by atoms with Crippen molar-refractivity contribution in [2.45, 2.75) is 12.8 Å². The highest BCUT2D eigenvalue weighted by molar-refractivity contribution is 7.92. The fourth-order valence-electron chi connectivity index (χ4n) is 1.20. The van der Waals surface area contributed by atoms with Gasteiger partial charge in [0.15, 0.2) is 0 Å². The Labute approximate surface area is 109 Å². The molecule has 1 aromatic rings. The minimum Gasteiger partial charge on any atom is -0.481 e. The highest BCUT2D eigenvalue weighted by Gasteiger charge is 2.14. The summed E-state index contributed by atoms with van der Waals surface area (Å²) >= 11 is 5.52. The Hall–Kier alpha value is -1.34. The molecule has 1 aromatic carbocycles. The maximum absolute atomic E-state index is 13.3. The van der Waals surface area contributed by atoms with Gasteiger partial charge in [0.1, 0.15) is 5.82 Å². The number of anilines is 1. The van der Waals surface area contributed by atoms with Crippen LogP contribution in [0.3, 0.4) is 0 Å². The summed E-state index contributed by atoms with van der Waals surface area (Å²) < 4.78 is 38.4. The molecule has 0 saturated heterocycles. The Bertz CT molecular complexity index is 547. The smallest absolute Gasteiger partial charge is 0.303 e. The first-order valence-electron chi connectivity index (χ1n) is 4.97. The first-order valence-corrected chi connectivity index (χ1v) is 7.00. The van der Waals surface area contributed by atoms with E-state index in [-0.39, 0.29) is 29.3 Å². The third-order valence-corrected chi connectivity index (χ3v) is 3.59. The largest absolute Gasteiger partial charge is 0.481 e. The summed E-state index contributed by atoms with van der Waals surface area (Å²) in [7, 11) is -3.76. The molecule has 1 rings (SSSR count). The first kappa shape index (κ1) is 14.7.